The summed E-state index contributed by atoms with van der Waals surface area (Å²) in [5.74, 6) is 1.99. The molecule has 2 aliphatic rings. The number of ether oxygens (including phenoxy) is 2. The number of nitrogens with one attached hydrogen (secondary N) is 1. The van der Waals surface area contributed by atoms with Crippen LogP contribution in [0.4, 0.5) is 5.95 Å². The van der Waals surface area contributed by atoms with E-state index < -0.39 is 5.54 Å². The number of anilines is 1. The van der Waals surface area contributed by atoms with Crippen molar-refractivity contribution in [3.63, 3.8) is 0 Å². The number of hydrogen-bond donors (Lipinski definition) is 1. The van der Waals surface area contributed by atoms with Gasteiger partial charge in [-0.05, 0) is 31.4 Å². The Morgan fingerprint density at radius 1 is 1.14 bits per heavy atom. The van der Waals surface area contributed by atoms with Crippen molar-refractivity contribution in [1.82, 2.24) is 25.2 Å². The first-order valence-corrected chi connectivity index (χ1v) is 12.2. The van der Waals surface area contributed by atoms with Crippen molar-refractivity contribution < 1.29 is 18.7 Å². The number of piperidine rings is 1. The molecule has 1 N–H and O–H groups in total. The minimum atomic E-state index is -0.592. The van der Waals surface area contributed by atoms with Crippen LogP contribution >= 0.6 is 0 Å². The lowest BCUT2D eigenvalue weighted by atomic mass is 9.84. The first kappa shape index (κ1) is 24.2. The summed E-state index contributed by atoms with van der Waals surface area (Å²) >= 11 is 0. The van der Waals surface area contributed by atoms with E-state index in [0.29, 0.717) is 63.2 Å². The molecule has 2 aromatic heterocycles. The Kier molecular flexibility index (Phi) is 6.88. The van der Waals surface area contributed by atoms with Crippen LogP contribution in [-0.2, 0) is 22.7 Å². The van der Waals surface area contributed by atoms with Crippen LogP contribution in [0.5, 0.6) is 5.88 Å². The molecule has 10 nitrogen and oxygen atoms in total. The smallest absolute Gasteiger partial charge is 0.243 e. The van der Waals surface area contributed by atoms with Crippen molar-refractivity contribution in [3.05, 3.63) is 53.7 Å². The lowest BCUT2D eigenvalue weighted by molar-refractivity contribution is -0.143. The van der Waals surface area contributed by atoms with E-state index in [1.807, 2.05) is 42.2 Å². The zero-order valence-corrected chi connectivity index (χ0v) is 21.0. The Hall–Kier alpha value is -3.50. The third-order valence-electron chi connectivity index (χ3n) is 6.95. The monoisotopic (exact) mass is 492 g/mol. The zero-order valence-electron chi connectivity index (χ0n) is 21.0. The molecule has 5 rings (SSSR count). The fourth-order valence-electron chi connectivity index (χ4n) is 5.08. The molecule has 1 aromatic carbocycles. The van der Waals surface area contributed by atoms with Crippen molar-refractivity contribution in [2.45, 2.75) is 38.5 Å². The van der Waals surface area contributed by atoms with Gasteiger partial charge in [-0.25, -0.2) is 9.97 Å². The molecule has 2 saturated heterocycles. The van der Waals surface area contributed by atoms with Crippen molar-refractivity contribution >= 4 is 11.9 Å². The van der Waals surface area contributed by atoms with Gasteiger partial charge in [0.25, 0.3) is 0 Å². The van der Waals surface area contributed by atoms with Crippen LogP contribution in [0, 0.1) is 6.92 Å². The number of amides is 1. The number of methoxy groups -OCH3 is 2. The van der Waals surface area contributed by atoms with Gasteiger partial charge in [-0.2, -0.15) is 4.98 Å². The molecule has 0 aliphatic carbocycles. The molecule has 0 radical (unpaired) electrons. The van der Waals surface area contributed by atoms with E-state index in [2.05, 4.69) is 25.2 Å². The predicted octanol–water partition coefficient (Wildman–Crippen LogP) is 2.57. The molecule has 0 saturated carbocycles. The maximum Gasteiger partial charge on any atom is 0.243 e. The third-order valence-corrected chi connectivity index (χ3v) is 6.95. The van der Waals surface area contributed by atoms with Crippen LogP contribution in [0.25, 0.3) is 11.3 Å². The second-order valence-electron chi connectivity index (χ2n) is 9.34. The number of benzene rings is 1. The molecule has 1 amide bonds. The number of piperazine rings is 1. The van der Waals surface area contributed by atoms with Gasteiger partial charge in [-0.1, -0.05) is 18.2 Å². The van der Waals surface area contributed by atoms with Gasteiger partial charge >= 0.3 is 0 Å². The largest absolute Gasteiger partial charge is 0.481 e. The summed E-state index contributed by atoms with van der Waals surface area (Å²) < 4.78 is 16.3. The Morgan fingerprint density at radius 3 is 2.75 bits per heavy atom. The molecular weight excluding hydrogens is 460 g/mol. The summed E-state index contributed by atoms with van der Waals surface area (Å²) in [5, 5.41) is 3.53. The lowest BCUT2D eigenvalue weighted by Gasteiger charge is -2.46. The number of oxazole rings is 1. The normalized spacial score (nSPS) is 17.6. The molecule has 4 heterocycles. The second kappa shape index (κ2) is 10.2. The average Bonchev–Trinajstić information content (AvgIpc) is 3.35. The van der Waals surface area contributed by atoms with Crippen LogP contribution in [0.3, 0.4) is 0 Å². The average molecular weight is 493 g/mol. The predicted molar refractivity (Wildman–Crippen MR) is 134 cm³/mol. The van der Waals surface area contributed by atoms with E-state index in [4.69, 9.17) is 13.9 Å². The summed E-state index contributed by atoms with van der Waals surface area (Å²) in [7, 11) is 3.28. The summed E-state index contributed by atoms with van der Waals surface area (Å²) in [6, 6.07) is 9.82. The van der Waals surface area contributed by atoms with Gasteiger partial charge in [0.2, 0.25) is 17.7 Å². The van der Waals surface area contributed by atoms with Gasteiger partial charge in [0.05, 0.1) is 20.3 Å². The summed E-state index contributed by atoms with van der Waals surface area (Å²) in [6.45, 7) is 5.57. The van der Waals surface area contributed by atoms with E-state index in [9.17, 15) is 4.79 Å². The van der Waals surface area contributed by atoms with Crippen LogP contribution in [0.1, 0.15) is 29.8 Å². The van der Waals surface area contributed by atoms with Gasteiger partial charge in [-0.3, -0.25) is 4.79 Å². The Labute approximate surface area is 210 Å². The number of carbonyl (C=O) groups excluding carboxylic acids is 1. The molecule has 36 heavy (non-hydrogen) atoms. The first-order valence-electron chi connectivity index (χ1n) is 12.2. The van der Waals surface area contributed by atoms with Crippen molar-refractivity contribution in [3.8, 4) is 17.2 Å². The van der Waals surface area contributed by atoms with Gasteiger partial charge < -0.3 is 29.0 Å². The van der Waals surface area contributed by atoms with Crippen LogP contribution in [-0.4, -0.2) is 71.7 Å². The van der Waals surface area contributed by atoms with Crippen LogP contribution < -0.4 is 15.0 Å². The first-order chi connectivity index (χ1) is 17.5. The fourth-order valence-corrected chi connectivity index (χ4v) is 5.08. The molecule has 0 bridgehead atoms. The number of rotatable bonds is 7. The maximum absolute atomic E-state index is 13.7. The molecule has 10 heteroatoms. The topological polar surface area (TPSA) is 106 Å². The van der Waals surface area contributed by atoms with Gasteiger partial charge in [0.15, 0.2) is 12.2 Å². The number of nitrogens with zero attached hydrogens (tertiary/aromatic N) is 5. The van der Waals surface area contributed by atoms with E-state index in [1.54, 1.807) is 14.2 Å². The lowest BCUT2D eigenvalue weighted by Crippen LogP contribution is -2.67. The fraction of sp³-hybridized carbons (Fsp3) is 0.462. The maximum atomic E-state index is 13.7. The summed E-state index contributed by atoms with van der Waals surface area (Å²) in [6.07, 6.45) is 2.80. The molecule has 3 aromatic rings. The number of hydrogen-bond acceptors (Lipinski definition) is 9. The molecule has 2 fully saturated rings. The second-order valence-corrected chi connectivity index (χ2v) is 9.34. The molecule has 190 valence electrons. The molecule has 0 atom stereocenters. The van der Waals surface area contributed by atoms with Crippen LogP contribution in [0.15, 0.2) is 41.1 Å². The van der Waals surface area contributed by atoms with Crippen LogP contribution in [0.2, 0.25) is 0 Å². The van der Waals surface area contributed by atoms with E-state index in [1.165, 1.54) is 6.39 Å². The minimum absolute atomic E-state index is 0.109. The quantitative estimate of drug-likeness (QED) is 0.533. The van der Waals surface area contributed by atoms with Crippen molar-refractivity contribution in [2.24, 2.45) is 0 Å². The standard InChI is InChI=1S/C26H32N6O4/c1-18-13-22(35-3)30-25(29-18)31-10-7-26(8-11-31)24(33)32(12-9-28-26)15-21-23(36-17-27-21)20-6-4-5-19(14-20)16-34-2/h4-6,13-14,17,28H,7-12,15-16H2,1-3H3. The highest BCUT2D eigenvalue weighted by molar-refractivity contribution is 5.87. The SMILES string of the molecule is COCc1cccc(-c2ocnc2CN2CCNC3(CCN(c4nc(C)cc(OC)n4)CC3)C2=O)c1. The Morgan fingerprint density at radius 2 is 1.97 bits per heavy atom. The van der Waals surface area contributed by atoms with Gasteiger partial charge in [0.1, 0.15) is 11.2 Å². The number of aryl methyl sites for hydroxylation is 1. The highest BCUT2D eigenvalue weighted by Gasteiger charge is 2.46. The van der Waals surface area contributed by atoms with Crippen molar-refractivity contribution in [1.29, 1.82) is 0 Å². The van der Waals surface area contributed by atoms with Gasteiger partial charge in [-0.15, -0.1) is 0 Å². The Balaban J connectivity index is 1.29. The van der Waals surface area contributed by atoms with Crippen molar-refractivity contribution in [2.75, 3.05) is 45.3 Å². The Bertz CT molecular complexity index is 1220. The molecule has 1 spiro atoms. The summed E-state index contributed by atoms with van der Waals surface area (Å²) in [5.41, 5.74) is 3.00. The zero-order chi connectivity index (χ0) is 25.1. The summed E-state index contributed by atoms with van der Waals surface area (Å²) in [4.78, 5) is 31.3. The number of aromatic nitrogens is 3. The molecule has 0 unspecified atom stereocenters. The molecular formula is C26H32N6O4. The van der Waals surface area contributed by atoms with Gasteiger partial charge in [0, 0.05) is 50.6 Å². The highest BCUT2D eigenvalue weighted by Crippen LogP contribution is 2.31. The highest BCUT2D eigenvalue weighted by atomic mass is 16.5. The van der Waals surface area contributed by atoms with E-state index >= 15 is 0 Å². The van der Waals surface area contributed by atoms with E-state index in [-0.39, 0.29) is 5.91 Å². The minimum Gasteiger partial charge on any atom is -0.481 e. The molecule has 2 aliphatic heterocycles. The third kappa shape index (κ3) is 4.78. The van der Waals surface area contributed by atoms with E-state index in [0.717, 1.165) is 29.1 Å². The number of carbonyl (C=O) groups is 1.